The molecule has 1 aromatic rings. The number of methoxy groups -OCH3 is 2. The summed E-state index contributed by atoms with van der Waals surface area (Å²) in [5.74, 6) is 1.05. The predicted octanol–water partition coefficient (Wildman–Crippen LogP) is 3.19. The summed E-state index contributed by atoms with van der Waals surface area (Å²) in [6, 6.07) is 7.74. The molecule has 0 aliphatic carbocycles. The first-order valence-electron chi connectivity index (χ1n) is 8.89. The van der Waals surface area contributed by atoms with Crippen LogP contribution in [0.4, 0.5) is 4.79 Å². The average Bonchev–Trinajstić information content (AvgIpc) is 2.62. The summed E-state index contributed by atoms with van der Waals surface area (Å²) in [6.45, 7) is 8.17. The number of rotatable bonds is 8. The van der Waals surface area contributed by atoms with E-state index in [1.165, 1.54) is 4.90 Å². The normalized spacial score (nSPS) is 13.3. The molecule has 2 atom stereocenters. The van der Waals surface area contributed by atoms with E-state index < -0.39 is 11.7 Å². The van der Waals surface area contributed by atoms with Crippen LogP contribution in [-0.4, -0.2) is 50.4 Å². The van der Waals surface area contributed by atoms with Crippen molar-refractivity contribution in [2.75, 3.05) is 27.8 Å². The topological polar surface area (TPSA) is 83.8 Å². The molecule has 0 aliphatic rings. The average molecular weight is 377 g/mol. The molecule has 0 fully saturated rings. The molecule has 27 heavy (non-hydrogen) atoms. The van der Waals surface area contributed by atoms with Crippen molar-refractivity contribution in [3.63, 3.8) is 0 Å². The Kier molecular flexibility index (Phi) is 8.38. The Morgan fingerprint density at radius 1 is 1.30 bits per heavy atom. The number of hydrogen-bond acceptors (Lipinski definition) is 6. The van der Waals surface area contributed by atoms with Crippen molar-refractivity contribution >= 4 is 6.09 Å². The minimum absolute atomic E-state index is 0.133. The van der Waals surface area contributed by atoms with Crippen molar-refractivity contribution in [3.05, 3.63) is 23.8 Å². The second-order valence-electron chi connectivity index (χ2n) is 7.44. The van der Waals surface area contributed by atoms with Gasteiger partial charge >= 0.3 is 6.09 Å². The van der Waals surface area contributed by atoms with Crippen LogP contribution in [0.15, 0.2) is 18.2 Å². The van der Waals surface area contributed by atoms with Crippen LogP contribution in [0.3, 0.4) is 0 Å². The number of carbonyl (C=O) groups is 1. The van der Waals surface area contributed by atoms with E-state index in [-0.39, 0.29) is 18.5 Å². The molecule has 1 N–H and O–H groups in total. The molecule has 7 nitrogen and oxygen atoms in total. The van der Waals surface area contributed by atoms with Crippen LogP contribution >= 0.6 is 0 Å². The van der Waals surface area contributed by atoms with Crippen LogP contribution in [0.25, 0.3) is 0 Å². The standard InChI is InChI=1S/C20H31N3O4/c1-14(16(11-21)13-23(5)19(24)27-20(2,3)4)22-12-15-8-9-17(25-6)10-18(15)26-7/h8-10,14,16,22H,12-13H2,1-7H3. The van der Waals surface area contributed by atoms with Gasteiger partial charge in [-0.2, -0.15) is 5.26 Å². The number of nitrogens with zero attached hydrogens (tertiary/aromatic N) is 2. The van der Waals surface area contributed by atoms with Gasteiger partial charge in [0.25, 0.3) is 0 Å². The van der Waals surface area contributed by atoms with E-state index in [2.05, 4.69) is 11.4 Å². The van der Waals surface area contributed by atoms with Gasteiger partial charge in [-0.3, -0.25) is 0 Å². The van der Waals surface area contributed by atoms with Gasteiger partial charge in [-0.25, -0.2) is 4.79 Å². The fraction of sp³-hybridized carbons (Fsp3) is 0.600. The van der Waals surface area contributed by atoms with Crippen LogP contribution in [0, 0.1) is 17.2 Å². The van der Waals surface area contributed by atoms with Crippen LogP contribution in [0.5, 0.6) is 11.5 Å². The third-order valence-electron chi connectivity index (χ3n) is 4.05. The van der Waals surface area contributed by atoms with E-state index in [1.54, 1.807) is 21.3 Å². The lowest BCUT2D eigenvalue weighted by atomic mass is 10.0. The van der Waals surface area contributed by atoms with E-state index in [9.17, 15) is 10.1 Å². The Labute approximate surface area is 162 Å². The van der Waals surface area contributed by atoms with Gasteiger partial charge in [0.05, 0.1) is 26.2 Å². The fourth-order valence-electron chi connectivity index (χ4n) is 2.43. The molecule has 0 heterocycles. The fourth-order valence-corrected chi connectivity index (χ4v) is 2.43. The predicted molar refractivity (Wildman–Crippen MR) is 104 cm³/mol. The summed E-state index contributed by atoms with van der Waals surface area (Å²) in [4.78, 5) is 13.5. The molecular weight excluding hydrogens is 346 g/mol. The molecule has 0 aliphatic heterocycles. The minimum atomic E-state index is -0.567. The molecule has 1 amide bonds. The van der Waals surface area contributed by atoms with Gasteiger partial charge in [-0.15, -0.1) is 0 Å². The largest absolute Gasteiger partial charge is 0.497 e. The highest BCUT2D eigenvalue weighted by atomic mass is 16.6. The van der Waals surface area contributed by atoms with Gasteiger partial charge in [0.1, 0.15) is 17.1 Å². The molecule has 0 radical (unpaired) electrons. The first-order chi connectivity index (χ1) is 12.6. The van der Waals surface area contributed by atoms with Gasteiger partial charge in [0, 0.05) is 37.8 Å². The Hall–Kier alpha value is -2.46. The Balaban J connectivity index is 2.68. The summed E-state index contributed by atoms with van der Waals surface area (Å²) < 4.78 is 15.9. The molecule has 0 saturated carbocycles. The van der Waals surface area contributed by atoms with Crippen molar-refractivity contribution in [2.45, 2.75) is 45.9 Å². The van der Waals surface area contributed by atoms with Crippen LogP contribution in [0.2, 0.25) is 0 Å². The molecule has 150 valence electrons. The van der Waals surface area contributed by atoms with Gasteiger partial charge < -0.3 is 24.4 Å². The molecule has 0 spiro atoms. The maximum absolute atomic E-state index is 12.1. The summed E-state index contributed by atoms with van der Waals surface area (Å²) in [6.07, 6.45) is -0.438. The van der Waals surface area contributed by atoms with Crippen LogP contribution in [-0.2, 0) is 11.3 Å². The van der Waals surface area contributed by atoms with Crippen LogP contribution < -0.4 is 14.8 Å². The van der Waals surface area contributed by atoms with E-state index >= 15 is 0 Å². The molecule has 0 aromatic heterocycles. The summed E-state index contributed by atoms with van der Waals surface area (Å²) in [5.41, 5.74) is 0.393. The molecule has 7 heteroatoms. The summed E-state index contributed by atoms with van der Waals surface area (Å²) >= 11 is 0. The summed E-state index contributed by atoms with van der Waals surface area (Å²) in [7, 11) is 4.85. The Bertz CT molecular complexity index is 664. The molecule has 0 bridgehead atoms. The number of nitriles is 1. The minimum Gasteiger partial charge on any atom is -0.497 e. The highest BCUT2D eigenvalue weighted by molar-refractivity contribution is 5.67. The smallest absolute Gasteiger partial charge is 0.410 e. The maximum Gasteiger partial charge on any atom is 0.410 e. The Morgan fingerprint density at radius 3 is 2.48 bits per heavy atom. The molecule has 0 saturated heterocycles. The zero-order valence-corrected chi connectivity index (χ0v) is 17.3. The number of hydrogen-bond donors (Lipinski definition) is 1. The van der Waals surface area contributed by atoms with Crippen molar-refractivity contribution in [3.8, 4) is 17.6 Å². The van der Waals surface area contributed by atoms with E-state index in [1.807, 2.05) is 45.9 Å². The van der Waals surface area contributed by atoms with E-state index in [0.717, 1.165) is 11.3 Å². The molecular formula is C20H31N3O4. The molecule has 2 unspecified atom stereocenters. The lowest BCUT2D eigenvalue weighted by Crippen LogP contribution is -2.42. The van der Waals surface area contributed by atoms with E-state index in [0.29, 0.717) is 12.3 Å². The third-order valence-corrected chi connectivity index (χ3v) is 4.05. The van der Waals surface area contributed by atoms with E-state index in [4.69, 9.17) is 14.2 Å². The highest BCUT2D eigenvalue weighted by Gasteiger charge is 2.24. The zero-order chi connectivity index (χ0) is 20.6. The first-order valence-corrected chi connectivity index (χ1v) is 8.89. The highest BCUT2D eigenvalue weighted by Crippen LogP contribution is 2.24. The van der Waals surface area contributed by atoms with Crippen molar-refractivity contribution in [1.82, 2.24) is 10.2 Å². The summed E-state index contributed by atoms with van der Waals surface area (Å²) in [5, 5.41) is 12.8. The van der Waals surface area contributed by atoms with Gasteiger partial charge in [-0.05, 0) is 33.8 Å². The monoisotopic (exact) mass is 377 g/mol. The number of amides is 1. The Morgan fingerprint density at radius 2 is 1.96 bits per heavy atom. The SMILES string of the molecule is COc1ccc(CNC(C)C(C#N)CN(C)C(=O)OC(C)(C)C)c(OC)c1. The zero-order valence-electron chi connectivity index (χ0n) is 17.3. The quantitative estimate of drug-likeness (QED) is 0.749. The lowest BCUT2D eigenvalue weighted by molar-refractivity contribution is 0.0278. The van der Waals surface area contributed by atoms with Gasteiger partial charge in [0.2, 0.25) is 0 Å². The first kappa shape index (κ1) is 22.6. The van der Waals surface area contributed by atoms with Crippen LogP contribution in [0.1, 0.15) is 33.3 Å². The second-order valence-corrected chi connectivity index (χ2v) is 7.44. The maximum atomic E-state index is 12.1. The number of carbonyl (C=O) groups excluding carboxylic acids is 1. The van der Waals surface area contributed by atoms with Crippen molar-refractivity contribution in [1.29, 1.82) is 5.26 Å². The molecule has 1 rings (SSSR count). The lowest BCUT2D eigenvalue weighted by Gasteiger charge is -2.28. The second kappa shape index (κ2) is 10.0. The third kappa shape index (κ3) is 7.35. The van der Waals surface area contributed by atoms with Crippen molar-refractivity contribution < 1.29 is 19.0 Å². The van der Waals surface area contributed by atoms with Gasteiger partial charge in [-0.1, -0.05) is 6.07 Å². The van der Waals surface area contributed by atoms with Crippen molar-refractivity contribution in [2.24, 2.45) is 5.92 Å². The number of benzene rings is 1. The molecule has 1 aromatic carbocycles. The van der Waals surface area contributed by atoms with Gasteiger partial charge in [0.15, 0.2) is 0 Å². The number of ether oxygens (including phenoxy) is 3. The number of nitrogens with one attached hydrogen (secondary N) is 1.